The Morgan fingerprint density at radius 1 is 1.40 bits per heavy atom. The average Bonchev–Trinajstić information content (AvgIpc) is 2.52. The summed E-state index contributed by atoms with van der Waals surface area (Å²) in [5, 5.41) is 2.46. The molecule has 1 saturated heterocycles. The van der Waals surface area contributed by atoms with Crippen molar-refractivity contribution in [3.8, 4) is 0 Å². The van der Waals surface area contributed by atoms with Gasteiger partial charge in [-0.25, -0.2) is 9.69 Å². The molecule has 0 aliphatic carbocycles. The number of nitrogen functional groups attached to an aromatic ring is 1. The Hall–Kier alpha value is -2.04. The molecule has 5 nitrogen and oxygen atoms in total. The lowest BCUT2D eigenvalue weighted by atomic mass is 10.1. The highest BCUT2D eigenvalue weighted by Gasteiger charge is 2.31. The van der Waals surface area contributed by atoms with Crippen molar-refractivity contribution < 1.29 is 9.59 Å². The summed E-state index contributed by atoms with van der Waals surface area (Å²) in [4.78, 5) is 24.0. The van der Waals surface area contributed by atoms with Gasteiger partial charge in [-0.2, -0.15) is 0 Å². The zero-order valence-electron chi connectivity index (χ0n) is 8.28. The third kappa shape index (κ3) is 1.41. The lowest BCUT2D eigenvalue weighted by Gasteiger charge is -2.16. The van der Waals surface area contributed by atoms with E-state index in [1.807, 2.05) is 0 Å². The fourth-order valence-corrected chi connectivity index (χ4v) is 1.55. The number of anilines is 2. The molecular weight excluding hydrogens is 194 g/mol. The minimum absolute atomic E-state index is 0.0487. The Kier molecular flexibility index (Phi) is 2.07. The van der Waals surface area contributed by atoms with Crippen LogP contribution >= 0.6 is 0 Å². The molecule has 1 aliphatic rings. The van der Waals surface area contributed by atoms with Crippen molar-refractivity contribution in [3.63, 3.8) is 0 Å². The average molecular weight is 205 g/mol. The summed E-state index contributed by atoms with van der Waals surface area (Å²) >= 11 is 0. The van der Waals surface area contributed by atoms with E-state index in [0.29, 0.717) is 11.4 Å². The highest BCUT2D eigenvalue weighted by atomic mass is 16.2. The van der Waals surface area contributed by atoms with Crippen molar-refractivity contribution in [2.75, 3.05) is 17.2 Å². The minimum Gasteiger partial charge on any atom is -0.398 e. The quantitative estimate of drug-likeness (QED) is 0.521. The van der Waals surface area contributed by atoms with Crippen LogP contribution in [0, 0.1) is 6.92 Å². The second kappa shape index (κ2) is 3.27. The monoisotopic (exact) mass is 205 g/mol. The summed E-state index contributed by atoms with van der Waals surface area (Å²) in [6.45, 7) is 1.83. The predicted molar refractivity (Wildman–Crippen MR) is 56.5 cm³/mol. The van der Waals surface area contributed by atoms with E-state index in [1.165, 1.54) is 0 Å². The normalized spacial score (nSPS) is 15.7. The topological polar surface area (TPSA) is 75.4 Å². The summed E-state index contributed by atoms with van der Waals surface area (Å²) in [5.74, 6) is -0.256. The van der Waals surface area contributed by atoms with Gasteiger partial charge in [0.1, 0.15) is 0 Å². The van der Waals surface area contributed by atoms with Gasteiger partial charge in [-0.1, -0.05) is 6.07 Å². The number of imide groups is 1. The number of hydrogen-bond acceptors (Lipinski definition) is 3. The van der Waals surface area contributed by atoms with Gasteiger partial charge in [0, 0.05) is 5.69 Å². The first-order valence-electron chi connectivity index (χ1n) is 4.57. The van der Waals surface area contributed by atoms with Crippen LogP contribution in [0.15, 0.2) is 18.2 Å². The van der Waals surface area contributed by atoms with Crippen molar-refractivity contribution in [1.82, 2.24) is 5.32 Å². The van der Waals surface area contributed by atoms with Crippen molar-refractivity contribution in [1.29, 1.82) is 0 Å². The molecule has 5 heteroatoms. The first-order chi connectivity index (χ1) is 7.11. The fraction of sp³-hybridized carbons (Fsp3) is 0.200. The summed E-state index contributed by atoms with van der Waals surface area (Å²) < 4.78 is 0. The van der Waals surface area contributed by atoms with Gasteiger partial charge in [0.2, 0.25) is 0 Å². The number of carbonyl (C=O) groups excluding carboxylic acids is 2. The van der Waals surface area contributed by atoms with Crippen LogP contribution in [0.1, 0.15) is 5.56 Å². The maximum Gasteiger partial charge on any atom is 0.329 e. The minimum atomic E-state index is -0.395. The van der Waals surface area contributed by atoms with Crippen LogP contribution in [0.3, 0.4) is 0 Å². The molecule has 3 N–H and O–H groups in total. The number of nitrogens with zero attached hydrogens (tertiary/aromatic N) is 1. The molecule has 1 aromatic carbocycles. The molecule has 1 heterocycles. The van der Waals surface area contributed by atoms with E-state index in [-0.39, 0.29) is 12.5 Å². The van der Waals surface area contributed by atoms with E-state index in [4.69, 9.17) is 5.73 Å². The van der Waals surface area contributed by atoms with Crippen LogP contribution in [-0.4, -0.2) is 18.5 Å². The van der Waals surface area contributed by atoms with Crippen molar-refractivity contribution in [2.24, 2.45) is 0 Å². The van der Waals surface area contributed by atoms with E-state index >= 15 is 0 Å². The van der Waals surface area contributed by atoms with E-state index in [9.17, 15) is 9.59 Å². The zero-order valence-corrected chi connectivity index (χ0v) is 8.28. The maximum atomic E-state index is 11.5. The number of nitrogens with two attached hydrogens (primary N) is 1. The van der Waals surface area contributed by atoms with E-state index in [2.05, 4.69) is 5.32 Å². The summed E-state index contributed by atoms with van der Waals surface area (Å²) in [6.07, 6.45) is 0. The smallest absolute Gasteiger partial charge is 0.329 e. The second-order valence-corrected chi connectivity index (χ2v) is 3.38. The van der Waals surface area contributed by atoms with Crippen LogP contribution in [0.4, 0.5) is 16.2 Å². The van der Waals surface area contributed by atoms with Crippen LogP contribution < -0.4 is 16.0 Å². The molecular formula is C10H11N3O2. The van der Waals surface area contributed by atoms with E-state index < -0.39 is 6.03 Å². The first-order valence-corrected chi connectivity index (χ1v) is 4.57. The number of nitrogens with one attached hydrogen (secondary N) is 1. The Morgan fingerprint density at radius 3 is 2.73 bits per heavy atom. The highest BCUT2D eigenvalue weighted by molar-refractivity contribution is 6.20. The molecule has 78 valence electrons. The van der Waals surface area contributed by atoms with Crippen molar-refractivity contribution >= 4 is 23.3 Å². The molecule has 15 heavy (non-hydrogen) atoms. The molecule has 0 saturated carbocycles. The van der Waals surface area contributed by atoms with Crippen LogP contribution in [-0.2, 0) is 4.79 Å². The van der Waals surface area contributed by atoms with Crippen molar-refractivity contribution in [2.45, 2.75) is 6.92 Å². The first kappa shape index (κ1) is 9.51. The predicted octanol–water partition coefficient (Wildman–Crippen LogP) is 0.633. The number of urea groups is 1. The van der Waals surface area contributed by atoms with Crippen LogP contribution in [0.25, 0.3) is 0 Å². The summed E-state index contributed by atoms with van der Waals surface area (Å²) in [6, 6.07) is 4.76. The van der Waals surface area contributed by atoms with Gasteiger partial charge in [0.25, 0.3) is 5.91 Å². The zero-order chi connectivity index (χ0) is 11.0. The molecule has 3 amide bonds. The molecule has 1 fully saturated rings. The standard InChI is InChI=1S/C10H11N3O2/c1-6-7(11)3-2-4-8(6)13-9(14)5-12-10(13)15/h2-4H,5,11H2,1H3,(H,12,15). The van der Waals surface area contributed by atoms with Crippen LogP contribution in [0.5, 0.6) is 0 Å². The third-order valence-corrected chi connectivity index (χ3v) is 2.43. The Bertz CT molecular complexity index is 426. The third-order valence-electron chi connectivity index (χ3n) is 2.43. The number of amides is 3. The molecule has 0 radical (unpaired) electrons. The van der Waals surface area contributed by atoms with E-state index in [0.717, 1.165) is 10.5 Å². The van der Waals surface area contributed by atoms with Gasteiger partial charge in [-0.15, -0.1) is 0 Å². The Labute approximate surface area is 86.9 Å². The van der Waals surface area contributed by atoms with Gasteiger partial charge in [-0.3, -0.25) is 4.79 Å². The van der Waals surface area contributed by atoms with Crippen LogP contribution in [0.2, 0.25) is 0 Å². The largest absolute Gasteiger partial charge is 0.398 e. The summed E-state index contributed by atoms with van der Waals surface area (Å²) in [5.41, 5.74) is 7.57. The van der Waals surface area contributed by atoms with Gasteiger partial charge >= 0.3 is 6.03 Å². The SMILES string of the molecule is Cc1c(N)cccc1N1C(=O)CNC1=O. The Balaban J connectivity index is 2.49. The van der Waals surface area contributed by atoms with Gasteiger partial charge in [0.05, 0.1) is 12.2 Å². The molecule has 0 bridgehead atoms. The summed E-state index contributed by atoms with van der Waals surface area (Å²) in [7, 11) is 0. The highest BCUT2D eigenvalue weighted by Crippen LogP contribution is 2.26. The molecule has 1 aromatic rings. The number of rotatable bonds is 1. The number of carbonyl (C=O) groups is 2. The lowest BCUT2D eigenvalue weighted by Crippen LogP contribution is -2.31. The Morgan fingerprint density at radius 2 is 2.13 bits per heavy atom. The molecule has 2 rings (SSSR count). The molecule has 1 aliphatic heterocycles. The maximum absolute atomic E-state index is 11.5. The molecule has 0 atom stereocenters. The molecule has 0 unspecified atom stereocenters. The molecule has 0 spiro atoms. The fourth-order valence-electron chi connectivity index (χ4n) is 1.55. The number of benzene rings is 1. The molecule has 0 aromatic heterocycles. The van der Waals surface area contributed by atoms with Gasteiger partial charge in [-0.05, 0) is 24.6 Å². The second-order valence-electron chi connectivity index (χ2n) is 3.38. The van der Waals surface area contributed by atoms with Gasteiger partial charge in [0.15, 0.2) is 0 Å². The lowest BCUT2D eigenvalue weighted by molar-refractivity contribution is -0.115. The van der Waals surface area contributed by atoms with E-state index in [1.54, 1.807) is 25.1 Å². The van der Waals surface area contributed by atoms with Gasteiger partial charge < -0.3 is 11.1 Å². The van der Waals surface area contributed by atoms with Crippen molar-refractivity contribution in [3.05, 3.63) is 23.8 Å². The number of hydrogen-bond donors (Lipinski definition) is 2.